The summed E-state index contributed by atoms with van der Waals surface area (Å²) < 4.78 is 7.16. The zero-order valence-electron chi connectivity index (χ0n) is 17.2. The van der Waals surface area contributed by atoms with Crippen molar-refractivity contribution in [2.45, 2.75) is 26.4 Å². The van der Waals surface area contributed by atoms with Crippen molar-refractivity contribution < 1.29 is 9.53 Å². The van der Waals surface area contributed by atoms with Gasteiger partial charge in [0.25, 0.3) is 0 Å². The van der Waals surface area contributed by atoms with Crippen LogP contribution in [-0.4, -0.2) is 58.8 Å². The van der Waals surface area contributed by atoms with Crippen LogP contribution in [0, 0.1) is 6.92 Å². The summed E-state index contributed by atoms with van der Waals surface area (Å²) in [5.74, 6) is 1.02. The van der Waals surface area contributed by atoms with Gasteiger partial charge in [0, 0.05) is 44.5 Å². The molecular weight excluding hydrogens is 364 g/mol. The van der Waals surface area contributed by atoms with Gasteiger partial charge in [0.1, 0.15) is 5.75 Å². The number of piperazine rings is 1. The highest BCUT2D eigenvalue weighted by atomic mass is 16.5. The highest BCUT2D eigenvalue weighted by Gasteiger charge is 2.21. The molecule has 4 rings (SSSR count). The number of benzene rings is 2. The first kappa shape index (κ1) is 19.5. The Hall–Kier alpha value is -2.86. The van der Waals surface area contributed by atoms with Crippen LogP contribution in [0.25, 0.3) is 10.9 Å². The van der Waals surface area contributed by atoms with Crippen molar-refractivity contribution in [3.05, 3.63) is 59.8 Å². The molecule has 1 fully saturated rings. The van der Waals surface area contributed by atoms with E-state index < -0.39 is 0 Å². The lowest BCUT2D eigenvalue weighted by Gasteiger charge is -2.35. The normalized spacial score (nSPS) is 15.0. The summed E-state index contributed by atoms with van der Waals surface area (Å²) in [6.07, 6.45) is 2.30. The summed E-state index contributed by atoms with van der Waals surface area (Å²) in [5.41, 5.74) is 3.73. The summed E-state index contributed by atoms with van der Waals surface area (Å²) in [6, 6.07) is 14.4. The number of nitrogens with zero attached hydrogens (tertiary/aromatic N) is 4. The third kappa shape index (κ3) is 4.43. The van der Waals surface area contributed by atoms with E-state index in [9.17, 15) is 4.79 Å². The monoisotopic (exact) mass is 392 g/mol. The standard InChI is InChI=1S/C23H28N4O2/c1-18-5-3-4-6-19(18)17-25-11-13-26(14-12-25)23(28)9-10-27-22-8-7-21(29-2)15-20(22)16-24-27/h3-8,15-16H,9-14,17H2,1-2H3. The van der Waals surface area contributed by atoms with E-state index in [1.165, 1.54) is 11.1 Å². The third-order valence-electron chi connectivity index (χ3n) is 5.77. The smallest absolute Gasteiger partial charge is 0.224 e. The van der Waals surface area contributed by atoms with Gasteiger partial charge in [-0.3, -0.25) is 14.4 Å². The number of ether oxygens (including phenoxy) is 1. The topological polar surface area (TPSA) is 50.6 Å². The lowest BCUT2D eigenvalue weighted by atomic mass is 10.1. The summed E-state index contributed by atoms with van der Waals surface area (Å²) in [6.45, 7) is 7.14. The Morgan fingerprint density at radius 1 is 1.10 bits per heavy atom. The van der Waals surface area contributed by atoms with Crippen molar-refractivity contribution in [3.8, 4) is 5.75 Å². The number of aryl methyl sites for hydroxylation is 2. The second kappa shape index (κ2) is 8.66. The van der Waals surface area contributed by atoms with Crippen LogP contribution in [-0.2, 0) is 17.9 Å². The first-order chi connectivity index (χ1) is 14.1. The molecule has 1 aromatic heterocycles. The van der Waals surface area contributed by atoms with Gasteiger partial charge in [0.05, 0.1) is 25.4 Å². The minimum Gasteiger partial charge on any atom is -0.497 e. The highest BCUT2D eigenvalue weighted by molar-refractivity contribution is 5.81. The fourth-order valence-corrected chi connectivity index (χ4v) is 3.91. The van der Waals surface area contributed by atoms with E-state index in [2.05, 4.69) is 41.2 Å². The van der Waals surface area contributed by atoms with Crippen LogP contribution in [0.2, 0.25) is 0 Å². The van der Waals surface area contributed by atoms with Gasteiger partial charge in [0.15, 0.2) is 0 Å². The van der Waals surface area contributed by atoms with Crippen molar-refractivity contribution in [3.63, 3.8) is 0 Å². The number of fused-ring (bicyclic) bond motifs is 1. The Labute approximate surface area is 171 Å². The zero-order valence-corrected chi connectivity index (χ0v) is 17.2. The molecule has 0 saturated carbocycles. The maximum absolute atomic E-state index is 12.7. The van der Waals surface area contributed by atoms with Crippen LogP contribution in [0.5, 0.6) is 5.75 Å². The molecule has 29 heavy (non-hydrogen) atoms. The third-order valence-corrected chi connectivity index (χ3v) is 5.77. The minimum atomic E-state index is 0.206. The first-order valence-corrected chi connectivity index (χ1v) is 10.2. The van der Waals surface area contributed by atoms with Gasteiger partial charge in [-0.05, 0) is 36.2 Å². The number of methoxy groups -OCH3 is 1. The lowest BCUT2D eigenvalue weighted by Crippen LogP contribution is -2.48. The molecule has 0 unspecified atom stereocenters. The number of carbonyl (C=O) groups excluding carboxylic acids is 1. The van der Waals surface area contributed by atoms with Crippen molar-refractivity contribution in [2.24, 2.45) is 0 Å². The number of carbonyl (C=O) groups is 1. The number of aromatic nitrogens is 2. The maximum Gasteiger partial charge on any atom is 0.224 e. The second-order valence-corrected chi connectivity index (χ2v) is 7.63. The lowest BCUT2D eigenvalue weighted by molar-refractivity contribution is -0.133. The van der Waals surface area contributed by atoms with Gasteiger partial charge in [-0.25, -0.2) is 0 Å². The zero-order chi connectivity index (χ0) is 20.2. The Morgan fingerprint density at radius 2 is 1.90 bits per heavy atom. The molecule has 6 nitrogen and oxygen atoms in total. The molecule has 0 bridgehead atoms. The largest absolute Gasteiger partial charge is 0.497 e. The van der Waals surface area contributed by atoms with Crippen LogP contribution >= 0.6 is 0 Å². The van der Waals surface area contributed by atoms with Crippen LogP contribution in [0.4, 0.5) is 0 Å². The first-order valence-electron chi connectivity index (χ1n) is 10.2. The molecule has 1 aliphatic heterocycles. The number of rotatable bonds is 6. The second-order valence-electron chi connectivity index (χ2n) is 7.63. The maximum atomic E-state index is 12.7. The number of hydrogen-bond donors (Lipinski definition) is 0. The van der Waals surface area contributed by atoms with Gasteiger partial charge in [-0.15, -0.1) is 0 Å². The van der Waals surface area contributed by atoms with Crippen molar-refractivity contribution >= 4 is 16.8 Å². The molecule has 152 valence electrons. The number of hydrogen-bond acceptors (Lipinski definition) is 4. The Kier molecular flexibility index (Phi) is 5.81. The van der Waals surface area contributed by atoms with Crippen LogP contribution in [0.15, 0.2) is 48.7 Å². The Bertz CT molecular complexity index is 989. The quantitative estimate of drug-likeness (QED) is 0.647. The number of amides is 1. The van der Waals surface area contributed by atoms with Crippen LogP contribution in [0.3, 0.4) is 0 Å². The molecule has 1 aliphatic rings. The van der Waals surface area contributed by atoms with E-state index in [0.717, 1.165) is 49.4 Å². The molecular formula is C23H28N4O2. The fourth-order valence-electron chi connectivity index (χ4n) is 3.91. The summed E-state index contributed by atoms with van der Waals surface area (Å²) in [4.78, 5) is 17.1. The molecule has 2 heterocycles. The van der Waals surface area contributed by atoms with E-state index in [4.69, 9.17) is 4.74 Å². The summed E-state index contributed by atoms with van der Waals surface area (Å²) >= 11 is 0. The predicted molar refractivity (Wildman–Crippen MR) is 114 cm³/mol. The van der Waals surface area contributed by atoms with E-state index in [1.54, 1.807) is 7.11 Å². The highest BCUT2D eigenvalue weighted by Crippen LogP contribution is 2.21. The molecule has 1 saturated heterocycles. The van der Waals surface area contributed by atoms with E-state index in [1.807, 2.05) is 34.0 Å². The average molecular weight is 393 g/mol. The van der Waals surface area contributed by atoms with Gasteiger partial charge in [0.2, 0.25) is 5.91 Å². The summed E-state index contributed by atoms with van der Waals surface area (Å²) in [5, 5.41) is 5.47. The minimum absolute atomic E-state index is 0.206. The van der Waals surface area contributed by atoms with Crippen molar-refractivity contribution in [1.82, 2.24) is 19.6 Å². The Balaban J connectivity index is 1.28. The Morgan fingerprint density at radius 3 is 2.66 bits per heavy atom. The van der Waals surface area contributed by atoms with E-state index in [0.29, 0.717) is 13.0 Å². The van der Waals surface area contributed by atoms with Gasteiger partial charge in [-0.1, -0.05) is 24.3 Å². The predicted octanol–water partition coefficient (Wildman–Crippen LogP) is 3.09. The van der Waals surface area contributed by atoms with Crippen molar-refractivity contribution in [2.75, 3.05) is 33.3 Å². The molecule has 3 aromatic rings. The van der Waals surface area contributed by atoms with Gasteiger partial charge in [-0.2, -0.15) is 5.10 Å². The average Bonchev–Trinajstić information content (AvgIpc) is 3.16. The molecule has 0 atom stereocenters. The SMILES string of the molecule is COc1ccc2c(cnn2CCC(=O)N2CCN(Cc3ccccc3C)CC2)c1. The molecule has 2 aromatic carbocycles. The fraction of sp³-hybridized carbons (Fsp3) is 0.391. The van der Waals surface area contributed by atoms with Crippen LogP contribution < -0.4 is 4.74 Å². The molecule has 6 heteroatoms. The van der Waals surface area contributed by atoms with E-state index in [-0.39, 0.29) is 5.91 Å². The van der Waals surface area contributed by atoms with E-state index >= 15 is 0 Å². The van der Waals surface area contributed by atoms with Gasteiger partial charge < -0.3 is 9.64 Å². The molecule has 0 spiro atoms. The van der Waals surface area contributed by atoms with Gasteiger partial charge >= 0.3 is 0 Å². The summed E-state index contributed by atoms with van der Waals surface area (Å²) in [7, 11) is 1.66. The van der Waals surface area contributed by atoms with Crippen molar-refractivity contribution in [1.29, 1.82) is 0 Å². The molecule has 0 N–H and O–H groups in total. The molecule has 1 amide bonds. The molecule has 0 aliphatic carbocycles. The molecule has 0 radical (unpaired) electrons. The van der Waals surface area contributed by atoms with Crippen LogP contribution in [0.1, 0.15) is 17.5 Å².